The fourth-order valence-corrected chi connectivity index (χ4v) is 2.95. The second-order valence-electron chi connectivity index (χ2n) is 6.83. The van der Waals surface area contributed by atoms with E-state index in [0.29, 0.717) is 5.92 Å². The molecule has 1 aromatic heterocycles. The van der Waals surface area contributed by atoms with Crippen molar-refractivity contribution in [3.63, 3.8) is 0 Å². The molecule has 0 unspecified atom stereocenters. The maximum atomic E-state index is 12.3. The fraction of sp³-hybridized carbons (Fsp3) is 0.273. The van der Waals surface area contributed by atoms with Crippen LogP contribution in [0.2, 0.25) is 0 Å². The first-order chi connectivity index (χ1) is 13.0. The van der Waals surface area contributed by atoms with Gasteiger partial charge in [-0.15, -0.1) is 0 Å². The van der Waals surface area contributed by atoms with Gasteiger partial charge in [0.2, 0.25) is 0 Å². The Hall–Kier alpha value is -3.08. The Morgan fingerprint density at radius 1 is 1.11 bits per heavy atom. The van der Waals surface area contributed by atoms with E-state index in [4.69, 9.17) is 4.74 Å². The predicted molar refractivity (Wildman–Crippen MR) is 106 cm³/mol. The maximum absolute atomic E-state index is 12.3. The largest absolute Gasteiger partial charge is 0.483 e. The predicted octanol–water partition coefficient (Wildman–Crippen LogP) is 4.25. The van der Waals surface area contributed by atoms with Crippen LogP contribution in [0.15, 0.2) is 67.3 Å². The molecule has 3 aromatic rings. The summed E-state index contributed by atoms with van der Waals surface area (Å²) in [5.74, 6) is 0.969. The van der Waals surface area contributed by atoms with Crippen molar-refractivity contribution in [1.82, 2.24) is 14.9 Å². The zero-order valence-electron chi connectivity index (χ0n) is 15.9. The summed E-state index contributed by atoms with van der Waals surface area (Å²) >= 11 is 0. The standard InChI is InChI=1S/C22H25N3O2/c1-16(2)20-6-4-5-7-21(20)27-14-22(26)24-17(3)18-8-10-19(11-9-18)25-13-12-23-15-25/h4-13,15-17H,14H2,1-3H3,(H,24,26)/t17-/m0/s1. The molecule has 3 rings (SSSR count). The number of aromatic nitrogens is 2. The van der Waals surface area contributed by atoms with E-state index in [1.165, 1.54) is 0 Å². The second kappa shape index (κ2) is 8.54. The van der Waals surface area contributed by atoms with Gasteiger partial charge in [-0.3, -0.25) is 4.79 Å². The molecular weight excluding hydrogens is 338 g/mol. The zero-order valence-corrected chi connectivity index (χ0v) is 15.9. The minimum absolute atomic E-state index is 0.00118. The lowest BCUT2D eigenvalue weighted by Crippen LogP contribution is -2.31. The van der Waals surface area contributed by atoms with Crippen LogP contribution in [0.3, 0.4) is 0 Å². The lowest BCUT2D eigenvalue weighted by atomic mass is 10.0. The highest BCUT2D eigenvalue weighted by molar-refractivity contribution is 5.78. The van der Waals surface area contributed by atoms with Crippen LogP contribution in [0.5, 0.6) is 5.75 Å². The van der Waals surface area contributed by atoms with Gasteiger partial charge >= 0.3 is 0 Å². The molecule has 1 amide bonds. The van der Waals surface area contributed by atoms with Crippen molar-refractivity contribution in [1.29, 1.82) is 0 Å². The van der Waals surface area contributed by atoms with Crippen molar-refractivity contribution in [2.45, 2.75) is 32.7 Å². The number of hydrogen-bond acceptors (Lipinski definition) is 3. The molecule has 1 atom stereocenters. The van der Waals surface area contributed by atoms with Crippen molar-refractivity contribution in [3.05, 3.63) is 78.4 Å². The lowest BCUT2D eigenvalue weighted by molar-refractivity contribution is -0.123. The zero-order chi connectivity index (χ0) is 19.2. The first-order valence-electron chi connectivity index (χ1n) is 9.14. The van der Waals surface area contributed by atoms with Crippen LogP contribution >= 0.6 is 0 Å². The number of para-hydroxylation sites is 1. The Kier molecular flexibility index (Phi) is 5.91. The molecule has 0 spiro atoms. The highest BCUT2D eigenvalue weighted by atomic mass is 16.5. The number of carbonyl (C=O) groups excluding carboxylic acids is 1. The number of imidazole rings is 1. The minimum atomic E-state index is -0.139. The van der Waals surface area contributed by atoms with Gasteiger partial charge < -0.3 is 14.6 Å². The van der Waals surface area contributed by atoms with Gasteiger partial charge in [0.1, 0.15) is 5.75 Å². The van der Waals surface area contributed by atoms with E-state index in [2.05, 4.69) is 24.1 Å². The average molecular weight is 363 g/mol. The van der Waals surface area contributed by atoms with Crippen molar-refractivity contribution < 1.29 is 9.53 Å². The SMILES string of the molecule is CC(C)c1ccccc1OCC(=O)N[C@@H](C)c1ccc(-n2ccnc2)cc1. The molecule has 140 valence electrons. The lowest BCUT2D eigenvalue weighted by Gasteiger charge is -2.17. The van der Waals surface area contributed by atoms with Gasteiger partial charge in [0.25, 0.3) is 5.91 Å². The Morgan fingerprint density at radius 3 is 2.52 bits per heavy atom. The number of nitrogens with one attached hydrogen (secondary N) is 1. The van der Waals surface area contributed by atoms with Crippen molar-refractivity contribution in [3.8, 4) is 11.4 Å². The summed E-state index contributed by atoms with van der Waals surface area (Å²) in [5, 5.41) is 2.99. The van der Waals surface area contributed by atoms with E-state index < -0.39 is 0 Å². The van der Waals surface area contributed by atoms with E-state index in [-0.39, 0.29) is 18.6 Å². The van der Waals surface area contributed by atoms with Gasteiger partial charge in [-0.1, -0.05) is 44.2 Å². The van der Waals surface area contributed by atoms with Crippen molar-refractivity contribution in [2.75, 3.05) is 6.61 Å². The first kappa shape index (κ1) is 18.7. The van der Waals surface area contributed by atoms with Gasteiger partial charge in [0.15, 0.2) is 6.61 Å². The Morgan fingerprint density at radius 2 is 1.85 bits per heavy atom. The molecule has 0 aliphatic rings. The van der Waals surface area contributed by atoms with E-state index >= 15 is 0 Å². The molecule has 0 aliphatic heterocycles. The molecule has 2 aromatic carbocycles. The summed E-state index contributed by atoms with van der Waals surface area (Å²) in [4.78, 5) is 16.3. The average Bonchev–Trinajstić information content (AvgIpc) is 3.21. The quantitative estimate of drug-likeness (QED) is 0.683. The normalized spacial score (nSPS) is 12.0. The number of rotatable bonds is 7. The van der Waals surface area contributed by atoms with E-state index in [1.807, 2.05) is 66.2 Å². The minimum Gasteiger partial charge on any atom is -0.483 e. The number of ether oxygens (including phenoxy) is 1. The first-order valence-corrected chi connectivity index (χ1v) is 9.14. The summed E-state index contributed by atoms with van der Waals surface area (Å²) < 4.78 is 7.68. The maximum Gasteiger partial charge on any atom is 0.258 e. The summed E-state index contributed by atoms with van der Waals surface area (Å²) in [6.45, 7) is 6.18. The molecule has 0 bridgehead atoms. The summed E-state index contributed by atoms with van der Waals surface area (Å²) in [7, 11) is 0. The smallest absolute Gasteiger partial charge is 0.258 e. The molecule has 5 nitrogen and oxygen atoms in total. The number of amides is 1. The summed E-state index contributed by atoms with van der Waals surface area (Å²) in [6.07, 6.45) is 5.40. The molecule has 1 N–H and O–H groups in total. The molecule has 1 heterocycles. The molecule has 0 aliphatic carbocycles. The third-order valence-corrected chi connectivity index (χ3v) is 4.47. The van der Waals surface area contributed by atoms with Crippen LogP contribution in [-0.4, -0.2) is 22.1 Å². The van der Waals surface area contributed by atoms with Gasteiger partial charge in [-0.05, 0) is 42.2 Å². The van der Waals surface area contributed by atoms with Crippen LogP contribution in [0.25, 0.3) is 5.69 Å². The van der Waals surface area contributed by atoms with Crippen LogP contribution in [-0.2, 0) is 4.79 Å². The molecule has 0 radical (unpaired) electrons. The third-order valence-electron chi connectivity index (χ3n) is 4.47. The van der Waals surface area contributed by atoms with Gasteiger partial charge in [-0.2, -0.15) is 0 Å². The highest BCUT2D eigenvalue weighted by Crippen LogP contribution is 2.25. The highest BCUT2D eigenvalue weighted by Gasteiger charge is 2.12. The number of nitrogens with zero attached hydrogens (tertiary/aromatic N) is 2. The van der Waals surface area contributed by atoms with Crippen molar-refractivity contribution >= 4 is 5.91 Å². The fourth-order valence-electron chi connectivity index (χ4n) is 2.95. The second-order valence-corrected chi connectivity index (χ2v) is 6.83. The van der Waals surface area contributed by atoms with Gasteiger partial charge in [0, 0.05) is 18.1 Å². The van der Waals surface area contributed by atoms with Crippen molar-refractivity contribution in [2.24, 2.45) is 0 Å². The Labute approximate surface area is 160 Å². The number of carbonyl (C=O) groups is 1. The van der Waals surface area contributed by atoms with E-state index in [1.54, 1.807) is 12.5 Å². The van der Waals surface area contributed by atoms with Crippen LogP contribution in [0.1, 0.15) is 43.9 Å². The molecule has 27 heavy (non-hydrogen) atoms. The number of hydrogen-bond donors (Lipinski definition) is 1. The Bertz CT molecular complexity index is 871. The monoisotopic (exact) mass is 363 g/mol. The molecule has 0 saturated carbocycles. The molecule has 5 heteroatoms. The Balaban J connectivity index is 1.56. The molecule has 0 saturated heterocycles. The van der Waals surface area contributed by atoms with Gasteiger partial charge in [0.05, 0.1) is 12.4 Å². The van der Waals surface area contributed by atoms with Crippen LogP contribution in [0, 0.1) is 0 Å². The van der Waals surface area contributed by atoms with E-state index in [0.717, 1.165) is 22.6 Å². The van der Waals surface area contributed by atoms with Gasteiger partial charge in [-0.25, -0.2) is 4.98 Å². The third kappa shape index (κ3) is 4.76. The summed E-state index contributed by atoms with van der Waals surface area (Å²) in [6, 6.07) is 15.8. The number of benzene rings is 2. The topological polar surface area (TPSA) is 56.1 Å². The molecular formula is C22H25N3O2. The summed E-state index contributed by atoms with van der Waals surface area (Å²) in [5.41, 5.74) is 3.17. The van der Waals surface area contributed by atoms with E-state index in [9.17, 15) is 4.79 Å². The molecule has 0 fully saturated rings. The van der Waals surface area contributed by atoms with Crippen LogP contribution < -0.4 is 10.1 Å². The van der Waals surface area contributed by atoms with Crippen LogP contribution in [0.4, 0.5) is 0 Å².